The SMILES string of the molecule is CCOP(=O)(OCC)Oc1ccc(OC)c2ccccc12. The minimum atomic E-state index is -3.61. The van der Waals surface area contributed by atoms with Gasteiger partial charge in [0.15, 0.2) is 0 Å². The Morgan fingerprint density at radius 1 is 0.905 bits per heavy atom. The van der Waals surface area contributed by atoms with Gasteiger partial charge in [-0.15, -0.1) is 0 Å². The maximum Gasteiger partial charge on any atom is 0.530 e. The lowest BCUT2D eigenvalue weighted by Crippen LogP contribution is -2.02. The van der Waals surface area contributed by atoms with Crippen molar-refractivity contribution < 1.29 is 22.9 Å². The number of phosphoric acid groups is 1. The quantitative estimate of drug-likeness (QED) is 0.709. The Morgan fingerprint density at radius 3 is 1.95 bits per heavy atom. The monoisotopic (exact) mass is 310 g/mol. The first kappa shape index (κ1) is 15.8. The number of fused-ring (bicyclic) bond motifs is 1. The molecular formula is C15H19O5P. The predicted octanol–water partition coefficient (Wildman–Crippen LogP) is 4.41. The fraction of sp³-hybridized carbons (Fsp3) is 0.333. The largest absolute Gasteiger partial charge is 0.530 e. The second-order valence-electron chi connectivity index (χ2n) is 4.19. The lowest BCUT2D eigenvalue weighted by Gasteiger charge is -2.18. The number of methoxy groups -OCH3 is 1. The lowest BCUT2D eigenvalue weighted by atomic mass is 10.1. The number of phosphoric ester groups is 1. The maximum absolute atomic E-state index is 12.5. The van der Waals surface area contributed by atoms with E-state index in [4.69, 9.17) is 18.3 Å². The van der Waals surface area contributed by atoms with Gasteiger partial charge in [-0.25, -0.2) is 4.57 Å². The summed E-state index contributed by atoms with van der Waals surface area (Å²) in [4.78, 5) is 0. The zero-order valence-electron chi connectivity index (χ0n) is 12.4. The van der Waals surface area contributed by atoms with E-state index >= 15 is 0 Å². The van der Waals surface area contributed by atoms with Crippen LogP contribution in [0.2, 0.25) is 0 Å². The van der Waals surface area contributed by atoms with E-state index in [2.05, 4.69) is 0 Å². The topological polar surface area (TPSA) is 54.0 Å². The van der Waals surface area contributed by atoms with Gasteiger partial charge in [-0.05, 0) is 26.0 Å². The minimum Gasteiger partial charge on any atom is -0.496 e. The van der Waals surface area contributed by atoms with Crippen LogP contribution in [0.3, 0.4) is 0 Å². The smallest absolute Gasteiger partial charge is 0.496 e. The highest BCUT2D eigenvalue weighted by Gasteiger charge is 2.28. The van der Waals surface area contributed by atoms with Crippen LogP contribution in [-0.4, -0.2) is 20.3 Å². The molecule has 0 aromatic heterocycles. The van der Waals surface area contributed by atoms with Gasteiger partial charge in [-0.1, -0.05) is 24.3 Å². The normalized spacial score (nSPS) is 11.6. The fourth-order valence-electron chi connectivity index (χ4n) is 2.03. The van der Waals surface area contributed by atoms with Crippen molar-refractivity contribution in [1.29, 1.82) is 0 Å². The molecule has 114 valence electrons. The van der Waals surface area contributed by atoms with Gasteiger partial charge < -0.3 is 9.26 Å². The fourth-order valence-corrected chi connectivity index (χ4v) is 3.24. The molecule has 0 radical (unpaired) electrons. The van der Waals surface area contributed by atoms with E-state index < -0.39 is 7.82 Å². The molecule has 0 N–H and O–H groups in total. The van der Waals surface area contributed by atoms with E-state index in [9.17, 15) is 4.57 Å². The first-order valence-corrected chi connectivity index (χ1v) is 8.24. The van der Waals surface area contributed by atoms with Crippen molar-refractivity contribution in [2.45, 2.75) is 13.8 Å². The molecule has 0 amide bonds. The van der Waals surface area contributed by atoms with Crippen molar-refractivity contribution in [3.8, 4) is 11.5 Å². The van der Waals surface area contributed by atoms with Crippen LogP contribution in [0.4, 0.5) is 0 Å². The lowest BCUT2D eigenvalue weighted by molar-refractivity contribution is 0.168. The molecule has 0 atom stereocenters. The molecule has 2 aromatic carbocycles. The zero-order valence-corrected chi connectivity index (χ0v) is 13.3. The molecule has 0 aliphatic rings. The molecule has 0 fully saturated rings. The molecule has 0 saturated heterocycles. The molecule has 2 rings (SSSR count). The standard InChI is InChI=1S/C15H19O5P/c1-4-18-21(16,19-5-2)20-15-11-10-14(17-3)12-8-6-7-9-13(12)15/h6-11H,4-5H2,1-3H3. The van der Waals surface area contributed by atoms with Gasteiger partial charge in [-0.3, -0.25) is 9.05 Å². The van der Waals surface area contributed by atoms with E-state index in [-0.39, 0.29) is 13.2 Å². The number of hydrogen-bond acceptors (Lipinski definition) is 5. The summed E-state index contributed by atoms with van der Waals surface area (Å²) in [5.74, 6) is 1.16. The highest BCUT2D eigenvalue weighted by atomic mass is 31.2. The summed E-state index contributed by atoms with van der Waals surface area (Å²) in [7, 11) is -2.01. The summed E-state index contributed by atoms with van der Waals surface area (Å²) < 4.78 is 33.7. The summed E-state index contributed by atoms with van der Waals surface area (Å²) in [6.07, 6.45) is 0. The van der Waals surface area contributed by atoms with Gasteiger partial charge in [0.25, 0.3) is 0 Å². The van der Waals surface area contributed by atoms with Crippen molar-refractivity contribution in [2.24, 2.45) is 0 Å². The van der Waals surface area contributed by atoms with Crippen molar-refractivity contribution in [1.82, 2.24) is 0 Å². The van der Waals surface area contributed by atoms with Gasteiger partial charge in [0.1, 0.15) is 11.5 Å². The summed E-state index contributed by atoms with van der Waals surface area (Å²) >= 11 is 0. The molecule has 2 aromatic rings. The number of ether oxygens (including phenoxy) is 1. The molecule has 0 spiro atoms. The highest BCUT2D eigenvalue weighted by Crippen LogP contribution is 2.51. The molecular weight excluding hydrogens is 291 g/mol. The van der Waals surface area contributed by atoms with Gasteiger partial charge >= 0.3 is 7.82 Å². The van der Waals surface area contributed by atoms with Gasteiger partial charge in [-0.2, -0.15) is 0 Å². The molecule has 0 aliphatic carbocycles. The van der Waals surface area contributed by atoms with Crippen molar-refractivity contribution >= 4 is 18.6 Å². The zero-order chi connectivity index (χ0) is 15.3. The van der Waals surface area contributed by atoms with Crippen LogP contribution in [0, 0.1) is 0 Å². The molecule has 0 aliphatic heterocycles. The van der Waals surface area contributed by atoms with E-state index in [0.29, 0.717) is 5.75 Å². The summed E-state index contributed by atoms with van der Waals surface area (Å²) in [5.41, 5.74) is 0. The van der Waals surface area contributed by atoms with Crippen LogP contribution in [0.5, 0.6) is 11.5 Å². The number of rotatable bonds is 7. The molecule has 0 heterocycles. The molecule has 5 nitrogen and oxygen atoms in total. The third-order valence-electron chi connectivity index (χ3n) is 2.85. The van der Waals surface area contributed by atoms with E-state index in [0.717, 1.165) is 16.5 Å². The molecule has 21 heavy (non-hydrogen) atoms. The van der Waals surface area contributed by atoms with Crippen LogP contribution in [0.1, 0.15) is 13.8 Å². The average Bonchev–Trinajstić information content (AvgIpc) is 2.48. The second kappa shape index (κ2) is 6.94. The first-order valence-electron chi connectivity index (χ1n) is 6.78. The summed E-state index contributed by atoms with van der Waals surface area (Å²) in [6.45, 7) is 3.96. The number of benzene rings is 2. The average molecular weight is 310 g/mol. The van der Waals surface area contributed by atoms with Crippen LogP contribution in [0.25, 0.3) is 10.8 Å². The van der Waals surface area contributed by atoms with Crippen LogP contribution in [0.15, 0.2) is 36.4 Å². The second-order valence-corrected chi connectivity index (χ2v) is 5.78. The highest BCUT2D eigenvalue weighted by molar-refractivity contribution is 7.48. The van der Waals surface area contributed by atoms with E-state index in [1.807, 2.05) is 24.3 Å². The van der Waals surface area contributed by atoms with E-state index in [1.165, 1.54) is 0 Å². The Kier molecular flexibility index (Phi) is 5.23. The third kappa shape index (κ3) is 3.56. The Morgan fingerprint density at radius 2 is 1.43 bits per heavy atom. The predicted molar refractivity (Wildman–Crippen MR) is 82.0 cm³/mol. The summed E-state index contributed by atoms with van der Waals surface area (Å²) in [5, 5.41) is 1.66. The van der Waals surface area contributed by atoms with Crippen molar-refractivity contribution in [2.75, 3.05) is 20.3 Å². The third-order valence-corrected chi connectivity index (χ3v) is 4.42. The van der Waals surface area contributed by atoms with Crippen LogP contribution >= 0.6 is 7.82 Å². The summed E-state index contributed by atoms with van der Waals surface area (Å²) in [6, 6.07) is 11.0. The van der Waals surface area contributed by atoms with Gasteiger partial charge in [0.2, 0.25) is 0 Å². The van der Waals surface area contributed by atoms with Gasteiger partial charge in [0, 0.05) is 10.8 Å². The van der Waals surface area contributed by atoms with Crippen LogP contribution < -0.4 is 9.26 Å². The maximum atomic E-state index is 12.5. The first-order chi connectivity index (χ1) is 10.1. The Balaban J connectivity index is 2.45. The Hall–Kier alpha value is -1.55. The molecule has 0 bridgehead atoms. The van der Waals surface area contributed by atoms with Crippen LogP contribution in [-0.2, 0) is 13.6 Å². The van der Waals surface area contributed by atoms with E-state index in [1.54, 1.807) is 33.1 Å². The minimum absolute atomic E-state index is 0.241. The Labute approximate surface area is 124 Å². The molecule has 6 heteroatoms. The number of hydrogen-bond donors (Lipinski definition) is 0. The molecule has 0 unspecified atom stereocenters. The van der Waals surface area contributed by atoms with Crippen molar-refractivity contribution in [3.63, 3.8) is 0 Å². The van der Waals surface area contributed by atoms with Crippen molar-refractivity contribution in [3.05, 3.63) is 36.4 Å². The molecule has 0 saturated carbocycles. The van der Waals surface area contributed by atoms with Gasteiger partial charge in [0.05, 0.1) is 20.3 Å². The Bertz CT molecular complexity index is 646.